The fourth-order valence-electron chi connectivity index (χ4n) is 2.45. The zero-order valence-electron chi connectivity index (χ0n) is 14.4. The maximum atomic E-state index is 12.5. The molecule has 6 nitrogen and oxygen atoms in total. The standard InChI is InChI=1S/C18H20N4O2S/c1-4-14(17(23)20-15-10-11(2)24-22-15)25-18-19-12(3)16(21-18)13-8-6-5-7-9-13/h5-10,14H,4H2,1-3H3,(H,19,21)(H,20,22,23)/t14-/m1/s1. The molecule has 0 radical (unpaired) electrons. The first-order valence-corrected chi connectivity index (χ1v) is 8.97. The molecule has 1 atom stereocenters. The minimum Gasteiger partial charge on any atom is -0.360 e. The van der Waals surface area contributed by atoms with Crippen molar-refractivity contribution >= 4 is 23.5 Å². The normalized spacial score (nSPS) is 12.1. The number of hydrogen-bond acceptors (Lipinski definition) is 5. The molecule has 25 heavy (non-hydrogen) atoms. The van der Waals surface area contributed by atoms with Gasteiger partial charge >= 0.3 is 0 Å². The van der Waals surface area contributed by atoms with E-state index in [0.29, 0.717) is 18.0 Å². The quantitative estimate of drug-likeness (QED) is 0.647. The van der Waals surface area contributed by atoms with Gasteiger partial charge in [-0.1, -0.05) is 54.2 Å². The molecule has 0 fully saturated rings. The lowest BCUT2D eigenvalue weighted by Gasteiger charge is -2.11. The predicted octanol–water partition coefficient (Wildman–Crippen LogP) is 4.19. The molecule has 0 aliphatic carbocycles. The number of aromatic nitrogens is 3. The first-order valence-electron chi connectivity index (χ1n) is 8.09. The first kappa shape index (κ1) is 17.3. The van der Waals surface area contributed by atoms with E-state index in [4.69, 9.17) is 4.52 Å². The van der Waals surface area contributed by atoms with E-state index in [2.05, 4.69) is 20.4 Å². The summed E-state index contributed by atoms with van der Waals surface area (Å²) in [6, 6.07) is 11.7. The number of nitrogens with zero attached hydrogens (tertiary/aromatic N) is 2. The molecule has 2 heterocycles. The van der Waals surface area contributed by atoms with E-state index in [-0.39, 0.29) is 11.2 Å². The van der Waals surface area contributed by atoms with Crippen LogP contribution < -0.4 is 5.32 Å². The van der Waals surface area contributed by atoms with Gasteiger partial charge in [0.2, 0.25) is 5.91 Å². The van der Waals surface area contributed by atoms with Crippen LogP contribution in [0.5, 0.6) is 0 Å². The third-order valence-corrected chi connectivity index (χ3v) is 4.96. The van der Waals surface area contributed by atoms with Crippen LogP contribution in [0.15, 0.2) is 46.1 Å². The number of H-pyrrole nitrogens is 1. The number of nitrogens with one attached hydrogen (secondary N) is 2. The summed E-state index contributed by atoms with van der Waals surface area (Å²) in [6.07, 6.45) is 0.674. The van der Waals surface area contributed by atoms with Gasteiger partial charge in [-0.25, -0.2) is 4.98 Å². The number of aryl methyl sites for hydroxylation is 2. The molecule has 0 spiro atoms. The topological polar surface area (TPSA) is 83.8 Å². The fraction of sp³-hybridized carbons (Fsp3) is 0.278. The highest BCUT2D eigenvalue weighted by Crippen LogP contribution is 2.29. The Hall–Kier alpha value is -2.54. The van der Waals surface area contributed by atoms with Crippen LogP contribution in [0.1, 0.15) is 24.8 Å². The molecule has 130 valence electrons. The Morgan fingerprint density at radius 1 is 1.32 bits per heavy atom. The van der Waals surface area contributed by atoms with Crippen molar-refractivity contribution in [3.05, 3.63) is 47.9 Å². The second kappa shape index (κ2) is 7.57. The summed E-state index contributed by atoms with van der Waals surface area (Å²) in [7, 11) is 0. The third kappa shape index (κ3) is 4.11. The Kier molecular flexibility index (Phi) is 5.23. The van der Waals surface area contributed by atoms with Crippen molar-refractivity contribution in [2.24, 2.45) is 0 Å². The summed E-state index contributed by atoms with van der Waals surface area (Å²) < 4.78 is 4.98. The van der Waals surface area contributed by atoms with Gasteiger partial charge in [-0.15, -0.1) is 0 Å². The molecular formula is C18H20N4O2S. The maximum absolute atomic E-state index is 12.5. The Morgan fingerprint density at radius 2 is 2.08 bits per heavy atom. The van der Waals surface area contributed by atoms with E-state index in [1.807, 2.05) is 44.2 Å². The summed E-state index contributed by atoms with van der Waals surface area (Å²) in [5.41, 5.74) is 2.94. The molecule has 0 saturated carbocycles. The summed E-state index contributed by atoms with van der Waals surface area (Å²) in [6.45, 7) is 5.74. The summed E-state index contributed by atoms with van der Waals surface area (Å²) >= 11 is 1.42. The van der Waals surface area contributed by atoms with Crippen LogP contribution in [0.25, 0.3) is 11.3 Å². The number of carbonyl (C=O) groups is 1. The van der Waals surface area contributed by atoms with Crippen LogP contribution in [0.2, 0.25) is 0 Å². The summed E-state index contributed by atoms with van der Waals surface area (Å²) in [4.78, 5) is 20.4. The molecule has 2 aromatic heterocycles. The van der Waals surface area contributed by atoms with Gasteiger partial charge < -0.3 is 14.8 Å². The molecule has 0 aliphatic heterocycles. The van der Waals surface area contributed by atoms with E-state index in [1.54, 1.807) is 13.0 Å². The van der Waals surface area contributed by atoms with E-state index in [9.17, 15) is 4.79 Å². The average Bonchev–Trinajstić information content (AvgIpc) is 3.18. The monoisotopic (exact) mass is 356 g/mol. The zero-order chi connectivity index (χ0) is 17.8. The number of rotatable bonds is 6. The third-order valence-electron chi connectivity index (χ3n) is 3.71. The minimum atomic E-state index is -0.272. The summed E-state index contributed by atoms with van der Waals surface area (Å²) in [5, 5.41) is 7.04. The number of thioether (sulfide) groups is 1. The molecule has 0 bridgehead atoms. The van der Waals surface area contributed by atoms with Crippen molar-refractivity contribution in [3.63, 3.8) is 0 Å². The van der Waals surface area contributed by atoms with Gasteiger partial charge in [-0.05, 0) is 20.3 Å². The lowest BCUT2D eigenvalue weighted by molar-refractivity contribution is -0.115. The molecule has 3 rings (SSSR count). The van der Waals surface area contributed by atoms with E-state index in [0.717, 1.165) is 22.1 Å². The molecule has 1 amide bonds. The molecule has 0 aliphatic rings. The van der Waals surface area contributed by atoms with Crippen molar-refractivity contribution in [2.75, 3.05) is 5.32 Å². The second-order valence-electron chi connectivity index (χ2n) is 5.71. The van der Waals surface area contributed by atoms with Gasteiger partial charge in [0.15, 0.2) is 11.0 Å². The SMILES string of the molecule is CC[C@@H](Sc1nc(-c2ccccc2)c(C)[nH]1)C(=O)Nc1cc(C)on1. The van der Waals surface area contributed by atoms with Crippen LogP contribution in [-0.2, 0) is 4.79 Å². The molecule has 3 aromatic rings. The Labute approximate surface area is 150 Å². The molecule has 2 N–H and O–H groups in total. The number of amides is 1. The average molecular weight is 356 g/mol. The molecule has 0 unspecified atom stereocenters. The maximum Gasteiger partial charge on any atom is 0.239 e. The number of hydrogen-bond donors (Lipinski definition) is 2. The van der Waals surface area contributed by atoms with Crippen LogP contribution in [0.4, 0.5) is 5.82 Å². The number of imidazole rings is 1. The molecule has 7 heteroatoms. The van der Waals surface area contributed by atoms with Gasteiger partial charge in [-0.3, -0.25) is 4.79 Å². The van der Waals surface area contributed by atoms with Crippen LogP contribution >= 0.6 is 11.8 Å². The number of benzene rings is 1. The highest BCUT2D eigenvalue weighted by molar-refractivity contribution is 8.00. The minimum absolute atomic E-state index is 0.115. The number of anilines is 1. The van der Waals surface area contributed by atoms with Crippen LogP contribution in [0, 0.1) is 13.8 Å². The molecule has 0 saturated heterocycles. The number of aromatic amines is 1. The van der Waals surface area contributed by atoms with Gasteiger partial charge in [0.25, 0.3) is 0 Å². The fourth-order valence-corrected chi connectivity index (χ4v) is 3.41. The predicted molar refractivity (Wildman–Crippen MR) is 98.6 cm³/mol. The molecular weight excluding hydrogens is 336 g/mol. The first-order chi connectivity index (χ1) is 12.1. The highest BCUT2D eigenvalue weighted by atomic mass is 32.2. The zero-order valence-corrected chi connectivity index (χ0v) is 15.2. The van der Waals surface area contributed by atoms with Gasteiger partial charge in [0.1, 0.15) is 5.76 Å². The van der Waals surface area contributed by atoms with Crippen molar-refractivity contribution in [1.29, 1.82) is 0 Å². The van der Waals surface area contributed by atoms with E-state index in [1.165, 1.54) is 11.8 Å². The largest absolute Gasteiger partial charge is 0.360 e. The Balaban J connectivity index is 1.72. The Morgan fingerprint density at radius 3 is 2.72 bits per heavy atom. The van der Waals surface area contributed by atoms with E-state index >= 15 is 0 Å². The Bertz CT molecular complexity index is 857. The van der Waals surface area contributed by atoms with Crippen molar-refractivity contribution in [2.45, 2.75) is 37.6 Å². The lowest BCUT2D eigenvalue weighted by Crippen LogP contribution is -2.24. The van der Waals surface area contributed by atoms with Gasteiger partial charge in [0, 0.05) is 17.3 Å². The highest BCUT2D eigenvalue weighted by Gasteiger charge is 2.21. The van der Waals surface area contributed by atoms with Crippen molar-refractivity contribution in [3.8, 4) is 11.3 Å². The second-order valence-corrected chi connectivity index (χ2v) is 6.90. The number of carbonyl (C=O) groups excluding carboxylic acids is 1. The van der Waals surface area contributed by atoms with Crippen LogP contribution in [-0.4, -0.2) is 26.3 Å². The van der Waals surface area contributed by atoms with Crippen molar-refractivity contribution < 1.29 is 9.32 Å². The lowest BCUT2D eigenvalue weighted by atomic mass is 10.1. The van der Waals surface area contributed by atoms with Crippen LogP contribution in [0.3, 0.4) is 0 Å². The van der Waals surface area contributed by atoms with E-state index < -0.39 is 0 Å². The molecule has 1 aromatic carbocycles. The van der Waals surface area contributed by atoms with Gasteiger partial charge in [-0.2, -0.15) is 0 Å². The van der Waals surface area contributed by atoms with Crippen molar-refractivity contribution in [1.82, 2.24) is 15.1 Å². The van der Waals surface area contributed by atoms with Gasteiger partial charge in [0.05, 0.1) is 10.9 Å². The smallest absolute Gasteiger partial charge is 0.239 e. The summed E-state index contributed by atoms with van der Waals surface area (Å²) in [5.74, 6) is 0.975.